The first-order valence-electron chi connectivity index (χ1n) is 7.62. The fourth-order valence-electron chi connectivity index (χ4n) is 2.02. The molecule has 0 saturated carbocycles. The standard InChI is InChI=1S/C19H23NO2/c1-14(2)13-22-18-7-5-4-6-17(18)19(21)20-12-16-10-8-15(3)9-11-16/h4-11,14H,12-13H2,1-3H3,(H,20,21). The molecular weight excluding hydrogens is 274 g/mol. The van der Waals surface area contributed by atoms with Gasteiger partial charge in [-0.2, -0.15) is 0 Å². The third kappa shape index (κ3) is 4.62. The molecule has 0 aliphatic heterocycles. The molecule has 1 amide bonds. The number of nitrogens with one attached hydrogen (secondary N) is 1. The first-order valence-corrected chi connectivity index (χ1v) is 7.62. The second kappa shape index (κ2) is 7.64. The highest BCUT2D eigenvalue weighted by Crippen LogP contribution is 2.18. The summed E-state index contributed by atoms with van der Waals surface area (Å²) in [6.07, 6.45) is 0. The van der Waals surface area contributed by atoms with Crippen molar-refractivity contribution in [1.29, 1.82) is 0 Å². The lowest BCUT2D eigenvalue weighted by Gasteiger charge is -2.13. The zero-order valence-electron chi connectivity index (χ0n) is 13.4. The summed E-state index contributed by atoms with van der Waals surface area (Å²) in [6.45, 7) is 7.32. The molecule has 0 radical (unpaired) electrons. The molecule has 0 aromatic heterocycles. The molecule has 0 fully saturated rings. The number of hydrogen-bond acceptors (Lipinski definition) is 2. The maximum Gasteiger partial charge on any atom is 0.255 e. The third-order valence-corrected chi connectivity index (χ3v) is 3.28. The van der Waals surface area contributed by atoms with E-state index in [1.165, 1.54) is 5.56 Å². The van der Waals surface area contributed by atoms with Crippen LogP contribution in [0.3, 0.4) is 0 Å². The molecule has 2 rings (SSSR count). The van der Waals surface area contributed by atoms with Crippen molar-refractivity contribution >= 4 is 5.91 Å². The van der Waals surface area contributed by atoms with Gasteiger partial charge in [-0.05, 0) is 30.5 Å². The van der Waals surface area contributed by atoms with E-state index in [-0.39, 0.29) is 5.91 Å². The van der Waals surface area contributed by atoms with Crippen LogP contribution in [-0.4, -0.2) is 12.5 Å². The van der Waals surface area contributed by atoms with Gasteiger partial charge in [0, 0.05) is 6.54 Å². The molecule has 3 heteroatoms. The van der Waals surface area contributed by atoms with Gasteiger partial charge in [0.25, 0.3) is 5.91 Å². The molecule has 0 unspecified atom stereocenters. The van der Waals surface area contributed by atoms with Gasteiger partial charge in [-0.15, -0.1) is 0 Å². The number of hydrogen-bond donors (Lipinski definition) is 1. The molecule has 3 nitrogen and oxygen atoms in total. The van der Waals surface area contributed by atoms with Gasteiger partial charge in [0.2, 0.25) is 0 Å². The number of benzene rings is 2. The lowest BCUT2D eigenvalue weighted by molar-refractivity contribution is 0.0946. The Morgan fingerprint density at radius 1 is 1.09 bits per heavy atom. The Hall–Kier alpha value is -2.29. The Kier molecular flexibility index (Phi) is 5.59. The SMILES string of the molecule is Cc1ccc(CNC(=O)c2ccccc2OCC(C)C)cc1. The Labute approximate surface area is 132 Å². The summed E-state index contributed by atoms with van der Waals surface area (Å²) in [6, 6.07) is 15.5. The van der Waals surface area contributed by atoms with E-state index >= 15 is 0 Å². The normalized spacial score (nSPS) is 10.5. The van der Waals surface area contributed by atoms with E-state index in [0.717, 1.165) is 5.56 Å². The van der Waals surface area contributed by atoms with Crippen LogP contribution in [-0.2, 0) is 6.54 Å². The summed E-state index contributed by atoms with van der Waals surface area (Å²) in [7, 11) is 0. The second-order valence-electron chi connectivity index (χ2n) is 5.87. The van der Waals surface area contributed by atoms with Gasteiger partial charge >= 0.3 is 0 Å². The van der Waals surface area contributed by atoms with Gasteiger partial charge in [0.1, 0.15) is 5.75 Å². The van der Waals surface area contributed by atoms with E-state index in [9.17, 15) is 4.79 Å². The van der Waals surface area contributed by atoms with Crippen molar-refractivity contribution in [2.45, 2.75) is 27.3 Å². The predicted octanol–water partition coefficient (Wildman–Crippen LogP) is 3.96. The topological polar surface area (TPSA) is 38.3 Å². The molecule has 0 heterocycles. The molecule has 0 spiro atoms. The molecule has 116 valence electrons. The second-order valence-corrected chi connectivity index (χ2v) is 5.87. The average Bonchev–Trinajstić information content (AvgIpc) is 2.52. The Balaban J connectivity index is 2.01. The largest absolute Gasteiger partial charge is 0.492 e. The van der Waals surface area contributed by atoms with E-state index in [0.29, 0.717) is 30.4 Å². The Bertz CT molecular complexity index is 618. The highest BCUT2D eigenvalue weighted by atomic mass is 16.5. The van der Waals surface area contributed by atoms with Gasteiger partial charge in [0.15, 0.2) is 0 Å². The summed E-state index contributed by atoms with van der Waals surface area (Å²) < 4.78 is 5.73. The van der Waals surface area contributed by atoms with Crippen molar-refractivity contribution in [1.82, 2.24) is 5.32 Å². The highest BCUT2D eigenvalue weighted by molar-refractivity contribution is 5.96. The van der Waals surface area contributed by atoms with Crippen LogP contribution in [0.4, 0.5) is 0 Å². The van der Waals surface area contributed by atoms with Crippen molar-refractivity contribution in [3.63, 3.8) is 0 Å². The molecule has 2 aromatic rings. The molecule has 1 N–H and O–H groups in total. The summed E-state index contributed by atoms with van der Waals surface area (Å²) in [5.74, 6) is 0.946. The summed E-state index contributed by atoms with van der Waals surface area (Å²) >= 11 is 0. The van der Waals surface area contributed by atoms with Crippen molar-refractivity contribution in [3.8, 4) is 5.75 Å². The first-order chi connectivity index (χ1) is 10.6. The minimum atomic E-state index is -0.111. The molecular formula is C19H23NO2. The maximum atomic E-state index is 12.4. The third-order valence-electron chi connectivity index (χ3n) is 3.28. The number of carbonyl (C=O) groups excluding carboxylic acids is 1. The van der Waals surface area contributed by atoms with Gasteiger partial charge in [0.05, 0.1) is 12.2 Å². The fraction of sp³-hybridized carbons (Fsp3) is 0.316. The Morgan fingerprint density at radius 2 is 1.77 bits per heavy atom. The van der Waals surface area contributed by atoms with Crippen molar-refractivity contribution < 1.29 is 9.53 Å². The average molecular weight is 297 g/mol. The zero-order valence-corrected chi connectivity index (χ0v) is 13.4. The van der Waals surface area contributed by atoms with Crippen LogP contribution < -0.4 is 10.1 Å². The molecule has 0 saturated heterocycles. The predicted molar refractivity (Wildman–Crippen MR) is 89.1 cm³/mol. The summed E-state index contributed by atoms with van der Waals surface area (Å²) in [5.41, 5.74) is 2.87. The maximum absolute atomic E-state index is 12.4. The molecule has 0 aliphatic carbocycles. The lowest BCUT2D eigenvalue weighted by atomic mass is 10.1. The van der Waals surface area contributed by atoms with Crippen molar-refractivity contribution in [2.75, 3.05) is 6.61 Å². The fourth-order valence-corrected chi connectivity index (χ4v) is 2.02. The number of ether oxygens (including phenoxy) is 1. The van der Waals surface area contributed by atoms with E-state index in [1.54, 1.807) is 6.07 Å². The quantitative estimate of drug-likeness (QED) is 0.876. The van der Waals surface area contributed by atoms with E-state index < -0.39 is 0 Å². The molecule has 22 heavy (non-hydrogen) atoms. The van der Waals surface area contributed by atoms with Gasteiger partial charge in [-0.3, -0.25) is 4.79 Å². The van der Waals surface area contributed by atoms with Gasteiger partial charge < -0.3 is 10.1 Å². The van der Waals surface area contributed by atoms with Crippen molar-refractivity contribution in [3.05, 3.63) is 65.2 Å². The number of carbonyl (C=O) groups is 1. The van der Waals surface area contributed by atoms with Crippen LogP contribution in [0.1, 0.15) is 35.3 Å². The highest BCUT2D eigenvalue weighted by Gasteiger charge is 2.12. The number of para-hydroxylation sites is 1. The minimum Gasteiger partial charge on any atom is -0.492 e. The van der Waals surface area contributed by atoms with Crippen molar-refractivity contribution in [2.24, 2.45) is 5.92 Å². The zero-order chi connectivity index (χ0) is 15.9. The number of rotatable bonds is 6. The van der Waals surface area contributed by atoms with Crippen LogP contribution in [0.15, 0.2) is 48.5 Å². The van der Waals surface area contributed by atoms with Crippen LogP contribution in [0.5, 0.6) is 5.75 Å². The minimum absolute atomic E-state index is 0.111. The molecule has 0 atom stereocenters. The van der Waals surface area contributed by atoms with E-state index in [4.69, 9.17) is 4.74 Å². The van der Waals surface area contributed by atoms with E-state index in [2.05, 4.69) is 19.2 Å². The van der Waals surface area contributed by atoms with Crippen LogP contribution >= 0.6 is 0 Å². The van der Waals surface area contributed by atoms with Gasteiger partial charge in [-0.1, -0.05) is 55.8 Å². The molecule has 0 aliphatic rings. The van der Waals surface area contributed by atoms with Gasteiger partial charge in [-0.25, -0.2) is 0 Å². The van der Waals surface area contributed by atoms with Crippen LogP contribution in [0, 0.1) is 12.8 Å². The lowest BCUT2D eigenvalue weighted by Crippen LogP contribution is -2.23. The summed E-state index contributed by atoms with van der Waals surface area (Å²) in [5, 5.41) is 2.94. The smallest absolute Gasteiger partial charge is 0.255 e. The number of amides is 1. The Morgan fingerprint density at radius 3 is 2.45 bits per heavy atom. The molecule has 0 bridgehead atoms. The van der Waals surface area contributed by atoms with E-state index in [1.807, 2.05) is 49.4 Å². The molecule has 2 aromatic carbocycles. The number of aryl methyl sites for hydroxylation is 1. The van der Waals surface area contributed by atoms with Crippen LogP contribution in [0.25, 0.3) is 0 Å². The van der Waals surface area contributed by atoms with Crippen LogP contribution in [0.2, 0.25) is 0 Å². The first kappa shape index (κ1) is 16.1. The monoisotopic (exact) mass is 297 g/mol. The summed E-state index contributed by atoms with van der Waals surface area (Å²) in [4.78, 5) is 12.4.